The van der Waals surface area contributed by atoms with Crippen LogP contribution >= 0.6 is 0 Å². The van der Waals surface area contributed by atoms with Gasteiger partial charge in [-0.1, -0.05) is 57.4 Å². The first-order valence-corrected chi connectivity index (χ1v) is 7.98. The average Bonchev–Trinajstić information content (AvgIpc) is 2.56. The summed E-state index contributed by atoms with van der Waals surface area (Å²) in [7, 11) is 0. The Hall–Kier alpha value is -2.48. The molecule has 2 aliphatic carbocycles. The van der Waals surface area contributed by atoms with Gasteiger partial charge in [-0.15, -0.1) is 0 Å². The highest BCUT2D eigenvalue weighted by atomic mass is 16.1. The molecule has 1 aromatic rings. The average molecular weight is 303 g/mol. The Morgan fingerprint density at radius 2 is 2.09 bits per heavy atom. The lowest BCUT2D eigenvalue weighted by molar-refractivity contribution is 0.103. The van der Waals surface area contributed by atoms with Crippen LogP contribution in [0.3, 0.4) is 0 Å². The van der Waals surface area contributed by atoms with Crippen molar-refractivity contribution < 1.29 is 4.79 Å². The Morgan fingerprint density at radius 3 is 2.78 bits per heavy atom. The summed E-state index contributed by atoms with van der Waals surface area (Å²) in [6, 6.07) is 4.27. The van der Waals surface area contributed by atoms with Crippen LogP contribution in [0.25, 0.3) is 6.08 Å². The number of fused-ring (bicyclic) bond motifs is 3. The molecule has 2 nitrogen and oxygen atoms in total. The van der Waals surface area contributed by atoms with Crippen LogP contribution in [0.4, 0.5) is 0 Å². The smallest absolute Gasteiger partial charge is 0.195 e. The number of benzene rings is 1. The number of aliphatic imine (C=N–C) groups is 1. The van der Waals surface area contributed by atoms with Crippen molar-refractivity contribution in [3.05, 3.63) is 77.5 Å². The number of hydrogen-bond acceptors (Lipinski definition) is 2. The summed E-state index contributed by atoms with van der Waals surface area (Å²) in [5, 5.41) is 0. The maximum atomic E-state index is 13.1. The third-order valence-corrected chi connectivity index (χ3v) is 4.91. The molecule has 2 atom stereocenters. The lowest BCUT2D eigenvalue weighted by Crippen LogP contribution is -2.21. The SMILES string of the molecule is C=CN=C(C=C)C1=CCc2ccc3c(c2C1=O)C=CC(C)C3C. The Morgan fingerprint density at radius 1 is 1.30 bits per heavy atom. The lowest BCUT2D eigenvalue weighted by Gasteiger charge is -2.28. The summed E-state index contributed by atoms with van der Waals surface area (Å²) >= 11 is 0. The minimum absolute atomic E-state index is 0.0370. The van der Waals surface area contributed by atoms with Gasteiger partial charge in [-0.3, -0.25) is 9.79 Å². The molecule has 2 heteroatoms. The third kappa shape index (κ3) is 2.44. The summed E-state index contributed by atoms with van der Waals surface area (Å²) in [4.78, 5) is 17.3. The normalized spacial score (nSPS) is 23.0. The first-order valence-electron chi connectivity index (χ1n) is 7.98. The van der Waals surface area contributed by atoms with Crippen molar-refractivity contribution in [3.63, 3.8) is 0 Å². The van der Waals surface area contributed by atoms with Crippen molar-refractivity contribution in [3.8, 4) is 0 Å². The molecule has 23 heavy (non-hydrogen) atoms. The standard InChI is InChI=1S/C21H21NO/c1-5-19(22-6-2)18-12-9-15-8-11-16-14(4)13(3)7-10-17(16)20(15)21(18)23/h5-8,10-14H,1-2,9H2,3-4H3. The molecule has 1 aromatic carbocycles. The number of allylic oxidation sites excluding steroid dienone is 4. The van der Waals surface area contributed by atoms with E-state index < -0.39 is 0 Å². The molecule has 0 N–H and O–H groups in total. The number of Topliss-reactive ketones (excluding diaryl/α,β-unsaturated/α-hetero) is 1. The van der Waals surface area contributed by atoms with Crippen LogP contribution in [0, 0.1) is 5.92 Å². The quantitative estimate of drug-likeness (QED) is 0.731. The molecule has 0 aromatic heterocycles. The van der Waals surface area contributed by atoms with Crippen LogP contribution in [-0.4, -0.2) is 11.5 Å². The van der Waals surface area contributed by atoms with Gasteiger partial charge in [0.2, 0.25) is 0 Å². The maximum absolute atomic E-state index is 13.1. The van der Waals surface area contributed by atoms with E-state index in [1.165, 1.54) is 11.8 Å². The van der Waals surface area contributed by atoms with E-state index in [0.29, 0.717) is 23.1 Å². The molecule has 0 saturated carbocycles. The molecule has 0 spiro atoms. The fraction of sp³-hybridized carbons (Fsp3) is 0.238. The summed E-state index contributed by atoms with van der Waals surface area (Å²) in [5.41, 5.74) is 5.47. The highest BCUT2D eigenvalue weighted by molar-refractivity contribution is 6.32. The van der Waals surface area contributed by atoms with E-state index in [1.54, 1.807) is 6.08 Å². The summed E-state index contributed by atoms with van der Waals surface area (Å²) in [6.45, 7) is 11.8. The van der Waals surface area contributed by atoms with Gasteiger partial charge >= 0.3 is 0 Å². The van der Waals surface area contributed by atoms with Gasteiger partial charge < -0.3 is 0 Å². The second kappa shape index (κ2) is 5.96. The van der Waals surface area contributed by atoms with Crippen LogP contribution in [0.15, 0.2) is 60.3 Å². The molecule has 116 valence electrons. The fourth-order valence-corrected chi connectivity index (χ4v) is 3.38. The van der Waals surface area contributed by atoms with Gasteiger partial charge in [-0.25, -0.2) is 0 Å². The molecule has 0 bridgehead atoms. The number of ketones is 1. The van der Waals surface area contributed by atoms with Crippen molar-refractivity contribution >= 4 is 17.6 Å². The molecular weight excluding hydrogens is 282 g/mol. The van der Waals surface area contributed by atoms with E-state index in [1.807, 2.05) is 6.08 Å². The summed E-state index contributed by atoms with van der Waals surface area (Å²) < 4.78 is 0. The second-order valence-corrected chi connectivity index (χ2v) is 6.16. The highest BCUT2D eigenvalue weighted by Gasteiger charge is 2.29. The molecule has 3 rings (SSSR count). The highest BCUT2D eigenvalue weighted by Crippen LogP contribution is 2.38. The van der Waals surface area contributed by atoms with Gasteiger partial charge in [0.1, 0.15) is 0 Å². The molecular formula is C21H21NO. The number of carbonyl (C=O) groups excluding carboxylic acids is 1. The minimum atomic E-state index is 0.0370. The van der Waals surface area contributed by atoms with Crippen LogP contribution in [0.5, 0.6) is 0 Å². The molecule has 2 aliphatic rings. The van der Waals surface area contributed by atoms with E-state index in [2.05, 4.69) is 56.3 Å². The van der Waals surface area contributed by atoms with Crippen molar-refractivity contribution in [1.82, 2.24) is 0 Å². The maximum Gasteiger partial charge on any atom is 0.195 e. The van der Waals surface area contributed by atoms with Gasteiger partial charge in [0, 0.05) is 17.3 Å². The van der Waals surface area contributed by atoms with Crippen molar-refractivity contribution in [2.45, 2.75) is 26.2 Å². The number of carbonyl (C=O) groups is 1. The van der Waals surface area contributed by atoms with E-state index in [-0.39, 0.29) is 5.78 Å². The van der Waals surface area contributed by atoms with E-state index in [0.717, 1.165) is 23.1 Å². The molecule has 0 radical (unpaired) electrons. The predicted octanol–water partition coefficient (Wildman–Crippen LogP) is 4.89. The molecule has 0 amide bonds. The lowest BCUT2D eigenvalue weighted by atomic mass is 9.75. The van der Waals surface area contributed by atoms with Crippen LogP contribution in [0.2, 0.25) is 0 Å². The molecule has 0 fully saturated rings. The van der Waals surface area contributed by atoms with Crippen LogP contribution in [-0.2, 0) is 6.42 Å². The fourth-order valence-electron chi connectivity index (χ4n) is 3.38. The number of nitrogens with zero attached hydrogens (tertiary/aromatic N) is 1. The first kappa shape index (κ1) is 15.4. The Bertz CT molecular complexity index is 792. The van der Waals surface area contributed by atoms with Crippen molar-refractivity contribution in [2.75, 3.05) is 0 Å². The number of hydrogen-bond donors (Lipinski definition) is 0. The van der Waals surface area contributed by atoms with Gasteiger partial charge in [-0.2, -0.15) is 0 Å². The predicted molar refractivity (Wildman–Crippen MR) is 97.0 cm³/mol. The van der Waals surface area contributed by atoms with Gasteiger partial charge in [0.25, 0.3) is 0 Å². The van der Waals surface area contributed by atoms with E-state index in [9.17, 15) is 4.79 Å². The van der Waals surface area contributed by atoms with E-state index in [4.69, 9.17) is 0 Å². The minimum Gasteiger partial charge on any atom is -0.289 e. The largest absolute Gasteiger partial charge is 0.289 e. The zero-order chi connectivity index (χ0) is 16.6. The zero-order valence-corrected chi connectivity index (χ0v) is 13.7. The van der Waals surface area contributed by atoms with E-state index >= 15 is 0 Å². The van der Waals surface area contributed by atoms with Crippen molar-refractivity contribution in [2.24, 2.45) is 10.9 Å². The summed E-state index contributed by atoms with van der Waals surface area (Å²) in [5.74, 6) is 0.943. The number of rotatable bonds is 3. The van der Waals surface area contributed by atoms with Gasteiger partial charge in [0.15, 0.2) is 5.78 Å². The van der Waals surface area contributed by atoms with Crippen LogP contribution < -0.4 is 0 Å². The van der Waals surface area contributed by atoms with Crippen LogP contribution in [0.1, 0.15) is 46.8 Å². The first-order chi connectivity index (χ1) is 11.1. The topological polar surface area (TPSA) is 29.4 Å². The molecule has 0 saturated heterocycles. The Balaban J connectivity index is 2.15. The molecule has 2 unspecified atom stereocenters. The molecule has 0 aliphatic heterocycles. The van der Waals surface area contributed by atoms with Gasteiger partial charge in [0.05, 0.1) is 5.71 Å². The monoisotopic (exact) mass is 303 g/mol. The second-order valence-electron chi connectivity index (χ2n) is 6.16. The zero-order valence-electron chi connectivity index (χ0n) is 13.7. The van der Waals surface area contributed by atoms with Gasteiger partial charge in [-0.05, 0) is 41.0 Å². The Kier molecular flexibility index (Phi) is 3.99. The summed E-state index contributed by atoms with van der Waals surface area (Å²) in [6.07, 6.45) is 10.1. The Labute approximate surface area is 137 Å². The molecule has 0 heterocycles. The third-order valence-electron chi connectivity index (χ3n) is 4.91. The van der Waals surface area contributed by atoms with Crippen molar-refractivity contribution in [1.29, 1.82) is 0 Å².